The third-order valence-electron chi connectivity index (χ3n) is 3.53. The molecule has 0 atom stereocenters. The summed E-state index contributed by atoms with van der Waals surface area (Å²) in [4.78, 5) is 6.17. The number of guanidine groups is 1. The van der Waals surface area contributed by atoms with Gasteiger partial charge in [0.05, 0.1) is 10.6 Å². The maximum Gasteiger partial charge on any atom is 0.191 e. The van der Waals surface area contributed by atoms with Gasteiger partial charge in [-0.2, -0.15) is 0 Å². The van der Waals surface area contributed by atoms with Crippen LogP contribution in [-0.4, -0.2) is 39.8 Å². The molecule has 0 fully saturated rings. The van der Waals surface area contributed by atoms with E-state index in [0.29, 0.717) is 17.9 Å². The molecule has 2 aromatic rings. The summed E-state index contributed by atoms with van der Waals surface area (Å²) in [6.07, 6.45) is 1.45. The van der Waals surface area contributed by atoms with Crippen molar-refractivity contribution in [2.24, 2.45) is 4.99 Å². The van der Waals surface area contributed by atoms with Crippen molar-refractivity contribution in [2.75, 3.05) is 25.4 Å². The number of sulfone groups is 1. The monoisotopic (exact) mass is 507 g/mol. The van der Waals surface area contributed by atoms with Crippen LogP contribution in [0.1, 0.15) is 18.2 Å². The molecule has 0 aliphatic heterocycles. The molecule has 0 unspecified atom stereocenters. The number of nitrogens with zero attached hydrogens (tertiary/aromatic N) is 1. The van der Waals surface area contributed by atoms with Crippen LogP contribution in [-0.2, 0) is 16.3 Å². The molecule has 0 bridgehead atoms. The van der Waals surface area contributed by atoms with Crippen LogP contribution in [0.25, 0.3) is 0 Å². The second-order valence-electron chi connectivity index (χ2n) is 5.50. The van der Waals surface area contributed by atoms with E-state index in [4.69, 9.17) is 0 Å². The molecule has 5 nitrogen and oxygen atoms in total. The quantitative estimate of drug-likeness (QED) is 0.237. The van der Waals surface area contributed by atoms with E-state index in [0.717, 1.165) is 25.5 Å². The molecule has 1 aromatic heterocycles. The minimum absolute atomic E-state index is 0. The van der Waals surface area contributed by atoms with Gasteiger partial charge in [0, 0.05) is 24.5 Å². The SMILES string of the molecule is CCNC(=NCCCS(=O)(=O)c1ccccc1)NCCc1cccs1.I. The lowest BCUT2D eigenvalue weighted by Crippen LogP contribution is -2.38. The maximum absolute atomic E-state index is 12.2. The van der Waals surface area contributed by atoms with Crippen molar-refractivity contribution < 1.29 is 8.42 Å². The summed E-state index contributed by atoms with van der Waals surface area (Å²) >= 11 is 1.74. The highest BCUT2D eigenvalue weighted by molar-refractivity contribution is 14.0. The molecule has 1 aromatic carbocycles. The van der Waals surface area contributed by atoms with E-state index in [1.54, 1.807) is 35.6 Å². The molecular weight excluding hydrogens is 481 g/mol. The molecule has 0 saturated carbocycles. The smallest absolute Gasteiger partial charge is 0.191 e. The molecule has 0 aliphatic carbocycles. The Balaban J connectivity index is 0.00000338. The minimum atomic E-state index is -3.23. The number of hydrogen-bond donors (Lipinski definition) is 2. The highest BCUT2D eigenvalue weighted by atomic mass is 127. The number of benzene rings is 1. The predicted molar refractivity (Wildman–Crippen MR) is 121 cm³/mol. The lowest BCUT2D eigenvalue weighted by Gasteiger charge is -2.11. The Morgan fingerprint density at radius 3 is 2.54 bits per heavy atom. The van der Waals surface area contributed by atoms with Gasteiger partial charge in [-0.15, -0.1) is 35.3 Å². The average Bonchev–Trinajstić information content (AvgIpc) is 3.13. The van der Waals surface area contributed by atoms with Gasteiger partial charge in [-0.05, 0) is 43.3 Å². The zero-order chi connectivity index (χ0) is 18.0. The number of nitrogens with one attached hydrogen (secondary N) is 2. The molecule has 0 saturated heterocycles. The number of aliphatic imine (C=N–C) groups is 1. The molecule has 26 heavy (non-hydrogen) atoms. The first kappa shape index (κ1) is 22.9. The summed E-state index contributed by atoms with van der Waals surface area (Å²) < 4.78 is 24.5. The number of halogens is 1. The average molecular weight is 507 g/mol. The first-order valence-electron chi connectivity index (χ1n) is 8.44. The summed E-state index contributed by atoms with van der Waals surface area (Å²) in [5.74, 6) is 0.839. The van der Waals surface area contributed by atoms with Crippen molar-refractivity contribution in [1.82, 2.24) is 10.6 Å². The molecular formula is C18H26IN3O2S2. The number of hydrogen-bond acceptors (Lipinski definition) is 4. The van der Waals surface area contributed by atoms with Crippen LogP contribution < -0.4 is 10.6 Å². The molecule has 0 radical (unpaired) electrons. The van der Waals surface area contributed by atoms with Gasteiger partial charge in [0.15, 0.2) is 15.8 Å². The van der Waals surface area contributed by atoms with E-state index < -0.39 is 9.84 Å². The lowest BCUT2D eigenvalue weighted by molar-refractivity contribution is 0.593. The van der Waals surface area contributed by atoms with Crippen LogP contribution >= 0.6 is 35.3 Å². The highest BCUT2D eigenvalue weighted by Gasteiger charge is 2.12. The minimum Gasteiger partial charge on any atom is -0.357 e. The van der Waals surface area contributed by atoms with Crippen LogP contribution in [0.15, 0.2) is 57.7 Å². The zero-order valence-corrected chi connectivity index (χ0v) is 18.8. The van der Waals surface area contributed by atoms with E-state index in [2.05, 4.69) is 27.1 Å². The Hall–Kier alpha value is -1.13. The Bertz CT molecular complexity index is 748. The second-order valence-corrected chi connectivity index (χ2v) is 8.64. The van der Waals surface area contributed by atoms with Gasteiger partial charge in [-0.25, -0.2) is 8.42 Å². The van der Waals surface area contributed by atoms with Crippen LogP contribution in [0.4, 0.5) is 0 Å². The van der Waals surface area contributed by atoms with Gasteiger partial charge in [0.1, 0.15) is 0 Å². The van der Waals surface area contributed by atoms with Crippen molar-refractivity contribution in [2.45, 2.75) is 24.7 Å². The largest absolute Gasteiger partial charge is 0.357 e. The number of thiophene rings is 1. The van der Waals surface area contributed by atoms with E-state index in [1.165, 1.54) is 4.88 Å². The molecule has 8 heteroatoms. The van der Waals surface area contributed by atoms with Gasteiger partial charge >= 0.3 is 0 Å². The first-order valence-corrected chi connectivity index (χ1v) is 11.0. The zero-order valence-electron chi connectivity index (χ0n) is 14.8. The molecule has 0 spiro atoms. The second kappa shape index (κ2) is 12.3. The van der Waals surface area contributed by atoms with Gasteiger partial charge in [0.2, 0.25) is 0 Å². The summed E-state index contributed by atoms with van der Waals surface area (Å²) in [6, 6.07) is 12.7. The van der Waals surface area contributed by atoms with E-state index in [1.807, 2.05) is 19.1 Å². The summed E-state index contributed by atoms with van der Waals surface area (Å²) in [5.41, 5.74) is 0. The third-order valence-corrected chi connectivity index (χ3v) is 6.28. The lowest BCUT2D eigenvalue weighted by atomic mass is 10.3. The van der Waals surface area contributed by atoms with Gasteiger partial charge in [-0.3, -0.25) is 4.99 Å². The molecule has 144 valence electrons. The first-order chi connectivity index (χ1) is 12.1. The van der Waals surface area contributed by atoms with Gasteiger partial charge < -0.3 is 10.6 Å². The number of rotatable bonds is 9. The van der Waals surface area contributed by atoms with Crippen molar-refractivity contribution >= 4 is 51.1 Å². The normalized spacial score (nSPS) is 11.7. The third kappa shape index (κ3) is 8.05. The molecule has 2 N–H and O–H groups in total. The molecule has 2 rings (SSSR count). The van der Waals surface area contributed by atoms with E-state index >= 15 is 0 Å². The molecule has 0 aliphatic rings. The Morgan fingerprint density at radius 2 is 1.88 bits per heavy atom. The Kier molecular flexibility index (Phi) is 10.8. The molecule has 1 heterocycles. The van der Waals surface area contributed by atoms with Crippen LogP contribution in [0.3, 0.4) is 0 Å². The fourth-order valence-electron chi connectivity index (χ4n) is 2.29. The predicted octanol–water partition coefficient (Wildman–Crippen LogP) is 3.33. The van der Waals surface area contributed by atoms with Gasteiger partial charge in [0.25, 0.3) is 0 Å². The van der Waals surface area contributed by atoms with Crippen molar-refractivity contribution in [1.29, 1.82) is 0 Å². The summed E-state index contributed by atoms with van der Waals surface area (Å²) in [5, 5.41) is 8.54. The van der Waals surface area contributed by atoms with Crippen molar-refractivity contribution in [3.05, 3.63) is 52.7 Å². The summed E-state index contributed by atoms with van der Waals surface area (Å²) in [7, 11) is -3.23. The van der Waals surface area contributed by atoms with Gasteiger partial charge in [-0.1, -0.05) is 24.3 Å². The Morgan fingerprint density at radius 1 is 1.12 bits per heavy atom. The summed E-state index contributed by atoms with van der Waals surface area (Å²) in [6.45, 7) is 4.05. The van der Waals surface area contributed by atoms with Crippen LogP contribution in [0.5, 0.6) is 0 Å². The fourth-order valence-corrected chi connectivity index (χ4v) is 4.32. The topological polar surface area (TPSA) is 70.6 Å². The fraction of sp³-hybridized carbons (Fsp3) is 0.389. The van der Waals surface area contributed by atoms with Crippen molar-refractivity contribution in [3.8, 4) is 0 Å². The molecule has 0 amide bonds. The maximum atomic E-state index is 12.2. The van der Waals surface area contributed by atoms with E-state index in [9.17, 15) is 8.42 Å². The Labute approximate surface area is 177 Å². The van der Waals surface area contributed by atoms with E-state index in [-0.39, 0.29) is 29.7 Å². The standard InChI is InChI=1S/C18H25N3O2S2.HI/c1-2-19-18(21-13-11-16-8-6-14-24-16)20-12-7-15-25(22,23)17-9-4-3-5-10-17;/h3-6,8-10,14H,2,7,11-13,15H2,1H3,(H2,19,20,21);1H. The van der Waals surface area contributed by atoms with Crippen molar-refractivity contribution in [3.63, 3.8) is 0 Å². The highest BCUT2D eigenvalue weighted by Crippen LogP contribution is 2.11. The van der Waals surface area contributed by atoms with Crippen LogP contribution in [0, 0.1) is 0 Å². The van der Waals surface area contributed by atoms with Crippen LogP contribution in [0.2, 0.25) is 0 Å².